The lowest BCUT2D eigenvalue weighted by Gasteiger charge is -2.30. The van der Waals surface area contributed by atoms with Gasteiger partial charge in [0.05, 0.1) is 18.5 Å². The molecule has 1 fully saturated rings. The normalized spacial score (nSPS) is 20.1. The van der Waals surface area contributed by atoms with Gasteiger partial charge in [-0.1, -0.05) is 0 Å². The first-order valence-corrected chi connectivity index (χ1v) is 15.5. The number of carbonyl (C=O) groups is 2. The van der Waals surface area contributed by atoms with Gasteiger partial charge in [0.15, 0.2) is 5.84 Å². The number of hydrogen-bond donors (Lipinski definition) is 1. The van der Waals surface area contributed by atoms with E-state index in [2.05, 4.69) is 10.3 Å². The highest BCUT2D eigenvalue weighted by Gasteiger charge is 2.45. The number of ether oxygens (including phenoxy) is 3. The van der Waals surface area contributed by atoms with E-state index in [1.54, 1.807) is 60.0 Å². The molecule has 12 nitrogen and oxygen atoms in total. The molecule has 232 valence electrons. The van der Waals surface area contributed by atoms with Crippen molar-refractivity contribution in [1.29, 1.82) is 0 Å². The zero-order valence-electron chi connectivity index (χ0n) is 26.4. The maximum absolute atomic E-state index is 13.7. The number of amides is 2. The quantitative estimate of drug-likeness (QED) is 0.442. The Kier molecular flexibility index (Phi) is 8.34. The molecule has 5 rings (SSSR count). The fourth-order valence-electron chi connectivity index (χ4n) is 5.16. The van der Waals surface area contributed by atoms with Gasteiger partial charge in [-0.05, 0) is 85.8 Å². The summed E-state index contributed by atoms with van der Waals surface area (Å²) in [5.74, 6) is 1.37. The molecule has 3 heterocycles. The largest absolute Gasteiger partial charge is 0.496 e. The van der Waals surface area contributed by atoms with E-state index in [0.29, 0.717) is 23.9 Å². The molecule has 0 spiro atoms. The second-order valence-corrected chi connectivity index (χ2v) is 13.9. The number of aromatic nitrogens is 1. The summed E-state index contributed by atoms with van der Waals surface area (Å²) in [7, 11) is 1.64. The van der Waals surface area contributed by atoms with Gasteiger partial charge in [0, 0.05) is 47.2 Å². The molecule has 2 amide bonds. The Balaban J connectivity index is 1.60. The zero-order valence-corrected chi connectivity index (χ0v) is 27.2. The molecule has 0 bridgehead atoms. The monoisotopic (exact) mass is 611 g/mol. The van der Waals surface area contributed by atoms with Crippen molar-refractivity contribution < 1.29 is 23.8 Å². The number of nitrogens with zero attached hydrogens (tertiary/aromatic N) is 6. The van der Waals surface area contributed by atoms with Crippen LogP contribution in [0.3, 0.4) is 0 Å². The van der Waals surface area contributed by atoms with Crippen molar-refractivity contribution in [3.8, 4) is 5.75 Å². The van der Waals surface area contributed by atoms with Crippen molar-refractivity contribution in [2.75, 3.05) is 12.9 Å². The number of rotatable bonds is 5. The van der Waals surface area contributed by atoms with Crippen molar-refractivity contribution in [2.45, 2.75) is 104 Å². The van der Waals surface area contributed by atoms with Crippen molar-refractivity contribution in [3.05, 3.63) is 34.2 Å². The van der Waals surface area contributed by atoms with Gasteiger partial charge in [0.25, 0.3) is 0 Å². The molecular weight excluding hydrogens is 570 g/mol. The maximum Gasteiger partial charge on any atom is 0.425 e. The Hall–Kier alpha value is -3.45. The maximum atomic E-state index is 13.7. The fourth-order valence-corrected chi connectivity index (χ4v) is 6.00. The molecule has 2 aliphatic heterocycles. The van der Waals surface area contributed by atoms with Crippen molar-refractivity contribution >= 4 is 41.4 Å². The lowest BCUT2D eigenvalue weighted by molar-refractivity contribution is 0.0151. The van der Waals surface area contributed by atoms with Crippen molar-refractivity contribution in [1.82, 2.24) is 20.3 Å². The van der Waals surface area contributed by atoms with E-state index in [-0.39, 0.29) is 18.4 Å². The Bertz CT molecular complexity index is 1420. The minimum atomic E-state index is -0.894. The fraction of sp³-hybridized carbons (Fsp3) is 0.600. The van der Waals surface area contributed by atoms with Crippen LogP contribution < -0.4 is 10.1 Å². The summed E-state index contributed by atoms with van der Waals surface area (Å²) < 4.78 is 21.7. The standard InChI is InChI=1S/C30H41N7O5S/c1-16-13-31-22(17(2)25(16)40-9)14-36-33-21-12-20(32-18-10-11-18)19-15-43-35-26(24(34-36)23(19)21)37(27(38)41-29(3,4)5)28(39)42-30(6,7)8/h13,18,20,32H,10-12,14-15H2,1-9H3. The summed E-state index contributed by atoms with van der Waals surface area (Å²) in [6.45, 7) is 14.6. The highest BCUT2D eigenvalue weighted by molar-refractivity contribution is 7.98. The van der Waals surface area contributed by atoms with Gasteiger partial charge in [-0.25, -0.2) is 9.59 Å². The lowest BCUT2D eigenvalue weighted by atomic mass is 10.0. The Morgan fingerprint density at radius 2 is 1.72 bits per heavy atom. The smallest absolute Gasteiger partial charge is 0.425 e. The summed E-state index contributed by atoms with van der Waals surface area (Å²) in [4.78, 5) is 32.8. The summed E-state index contributed by atoms with van der Waals surface area (Å²) in [5, 5.41) is 15.1. The van der Waals surface area contributed by atoms with E-state index in [9.17, 15) is 9.59 Å². The number of hydrogen-bond acceptors (Lipinski definition) is 12. The van der Waals surface area contributed by atoms with E-state index in [1.165, 1.54) is 11.9 Å². The second kappa shape index (κ2) is 11.6. The average Bonchev–Trinajstić information content (AvgIpc) is 3.65. The van der Waals surface area contributed by atoms with Crippen LogP contribution >= 0.6 is 11.9 Å². The minimum Gasteiger partial charge on any atom is -0.496 e. The first-order valence-electron chi connectivity index (χ1n) is 14.5. The topological polar surface area (TPSA) is 130 Å². The molecule has 1 N–H and O–H groups in total. The summed E-state index contributed by atoms with van der Waals surface area (Å²) >= 11 is 1.26. The van der Waals surface area contributed by atoms with Crippen LogP contribution in [-0.2, 0) is 16.0 Å². The Labute approximate surface area is 257 Å². The summed E-state index contributed by atoms with van der Waals surface area (Å²) in [6, 6.07) is 0.528. The highest BCUT2D eigenvalue weighted by atomic mass is 32.2. The molecule has 13 heteroatoms. The predicted molar refractivity (Wildman–Crippen MR) is 166 cm³/mol. The van der Waals surface area contributed by atoms with Crippen LogP contribution in [0, 0.1) is 13.8 Å². The Morgan fingerprint density at radius 1 is 1.07 bits per heavy atom. The first kappa shape index (κ1) is 31.0. The van der Waals surface area contributed by atoms with E-state index < -0.39 is 23.4 Å². The van der Waals surface area contributed by atoms with E-state index in [1.807, 2.05) is 13.8 Å². The Morgan fingerprint density at radius 3 is 2.30 bits per heavy atom. The van der Waals surface area contributed by atoms with Gasteiger partial charge in [-0.15, -0.1) is 0 Å². The number of nitrogens with one attached hydrogen (secondary N) is 1. The number of pyridine rings is 1. The van der Waals surface area contributed by atoms with Crippen LogP contribution in [0.1, 0.15) is 77.6 Å². The average molecular weight is 612 g/mol. The molecule has 0 aromatic carbocycles. The van der Waals surface area contributed by atoms with Gasteiger partial charge in [-0.3, -0.25) is 4.98 Å². The first-order chi connectivity index (χ1) is 20.1. The SMILES string of the molecule is COc1c(C)cnc(CN2N=C3CC(NC4CC4)C4=C3C(=N2)C(N(C(=O)OC(C)(C)C)C(=O)OC(C)(C)C)=NSC4)c1C. The number of imide groups is 1. The molecule has 0 saturated heterocycles. The van der Waals surface area contributed by atoms with Gasteiger partial charge in [0.1, 0.15) is 29.2 Å². The molecule has 1 aromatic rings. The summed E-state index contributed by atoms with van der Waals surface area (Å²) in [5.41, 5.74) is 3.93. The van der Waals surface area contributed by atoms with Crippen LogP contribution in [0.25, 0.3) is 0 Å². The summed E-state index contributed by atoms with van der Waals surface area (Å²) in [6.07, 6.45) is 2.91. The number of hydrazone groups is 2. The number of methoxy groups -OCH3 is 1. The highest BCUT2D eigenvalue weighted by Crippen LogP contribution is 2.37. The van der Waals surface area contributed by atoms with Crippen LogP contribution in [0.15, 0.2) is 31.9 Å². The zero-order chi connectivity index (χ0) is 31.3. The molecular formula is C30H41N7O5S. The van der Waals surface area contributed by atoms with Crippen LogP contribution in [0.2, 0.25) is 0 Å². The molecule has 43 heavy (non-hydrogen) atoms. The number of amidine groups is 1. The van der Waals surface area contributed by atoms with Gasteiger partial charge in [-0.2, -0.15) is 24.6 Å². The van der Waals surface area contributed by atoms with Crippen LogP contribution in [0.5, 0.6) is 5.75 Å². The number of carbonyl (C=O) groups excluding carboxylic acids is 2. The third-order valence-electron chi connectivity index (χ3n) is 7.12. The van der Waals surface area contributed by atoms with Gasteiger partial charge < -0.3 is 19.5 Å². The second-order valence-electron chi connectivity index (χ2n) is 13.2. The third-order valence-corrected chi connectivity index (χ3v) is 7.86. The minimum absolute atomic E-state index is 0.0501. The molecule has 1 saturated carbocycles. The molecule has 0 radical (unpaired) electrons. The predicted octanol–water partition coefficient (Wildman–Crippen LogP) is 5.29. The van der Waals surface area contributed by atoms with Crippen molar-refractivity contribution in [3.63, 3.8) is 0 Å². The third kappa shape index (κ3) is 6.87. The number of aryl methyl sites for hydroxylation is 1. The molecule has 1 atom stereocenters. The van der Waals surface area contributed by atoms with Gasteiger partial charge in [0.2, 0.25) is 0 Å². The van der Waals surface area contributed by atoms with E-state index >= 15 is 0 Å². The van der Waals surface area contributed by atoms with E-state index in [4.69, 9.17) is 28.8 Å². The molecule has 1 unspecified atom stereocenters. The van der Waals surface area contributed by atoms with Crippen molar-refractivity contribution in [2.24, 2.45) is 14.6 Å². The van der Waals surface area contributed by atoms with Crippen LogP contribution in [-0.4, -0.2) is 80.6 Å². The van der Waals surface area contributed by atoms with Gasteiger partial charge >= 0.3 is 12.2 Å². The lowest BCUT2D eigenvalue weighted by Crippen LogP contribution is -2.50. The molecule has 4 aliphatic rings. The molecule has 1 aromatic heterocycles. The van der Waals surface area contributed by atoms with E-state index in [0.717, 1.165) is 57.2 Å². The molecule has 2 aliphatic carbocycles. The van der Waals surface area contributed by atoms with Crippen LogP contribution in [0.4, 0.5) is 9.59 Å².